The summed E-state index contributed by atoms with van der Waals surface area (Å²) in [5.41, 5.74) is 1.93. The first-order valence-electron chi connectivity index (χ1n) is 8.84. The number of carboxylic acid groups (broad SMARTS) is 1. The van der Waals surface area contributed by atoms with Gasteiger partial charge in [-0.3, -0.25) is 4.79 Å². The smallest absolute Gasteiger partial charge is 0.305 e. The van der Waals surface area contributed by atoms with Crippen LogP contribution in [0.3, 0.4) is 0 Å². The summed E-state index contributed by atoms with van der Waals surface area (Å²) in [6.45, 7) is 4.52. The number of carboxylic acids is 1. The van der Waals surface area contributed by atoms with Crippen molar-refractivity contribution in [3.8, 4) is 5.75 Å². The van der Waals surface area contributed by atoms with Crippen molar-refractivity contribution in [3.05, 3.63) is 64.6 Å². The van der Waals surface area contributed by atoms with Gasteiger partial charge in [-0.25, -0.2) is 0 Å². The second-order valence-corrected chi connectivity index (χ2v) is 7.38. The predicted octanol–water partition coefficient (Wildman–Crippen LogP) is 4.46. The summed E-state index contributed by atoms with van der Waals surface area (Å²) in [7, 11) is 0. The van der Waals surface area contributed by atoms with Crippen molar-refractivity contribution in [2.24, 2.45) is 5.18 Å². The van der Waals surface area contributed by atoms with Gasteiger partial charge in [0.1, 0.15) is 11.4 Å². The fourth-order valence-electron chi connectivity index (χ4n) is 4.14. The van der Waals surface area contributed by atoms with E-state index >= 15 is 0 Å². The van der Waals surface area contributed by atoms with Crippen LogP contribution in [0.2, 0.25) is 0 Å². The van der Waals surface area contributed by atoms with Crippen molar-refractivity contribution in [2.45, 2.75) is 31.4 Å². The average molecular weight is 364 g/mol. The lowest BCUT2D eigenvalue weighted by Crippen LogP contribution is -2.59. The van der Waals surface area contributed by atoms with Crippen molar-refractivity contribution in [2.75, 3.05) is 11.4 Å². The molecule has 27 heavy (non-hydrogen) atoms. The Kier molecular flexibility index (Phi) is 3.80. The van der Waals surface area contributed by atoms with Gasteiger partial charge < -0.3 is 14.7 Å². The lowest BCUT2D eigenvalue weighted by atomic mass is 9.76. The van der Waals surface area contributed by atoms with Gasteiger partial charge in [-0.1, -0.05) is 18.2 Å². The highest BCUT2D eigenvalue weighted by Crippen LogP contribution is 2.55. The van der Waals surface area contributed by atoms with Crippen LogP contribution in [0, 0.1) is 4.91 Å². The third-order valence-electron chi connectivity index (χ3n) is 5.57. The molecule has 0 aromatic heterocycles. The number of anilines is 1. The van der Waals surface area contributed by atoms with Crippen molar-refractivity contribution in [3.63, 3.8) is 0 Å². The predicted molar refractivity (Wildman–Crippen MR) is 103 cm³/mol. The van der Waals surface area contributed by atoms with E-state index in [1.165, 1.54) is 0 Å². The van der Waals surface area contributed by atoms with Gasteiger partial charge in [-0.05, 0) is 61.0 Å². The third kappa shape index (κ3) is 2.44. The van der Waals surface area contributed by atoms with E-state index in [1.54, 1.807) is 18.2 Å². The summed E-state index contributed by atoms with van der Waals surface area (Å²) < 4.78 is 6.53. The molecule has 1 atom stereocenters. The van der Waals surface area contributed by atoms with Gasteiger partial charge in [0.15, 0.2) is 0 Å². The molecule has 0 radical (unpaired) electrons. The number of carbonyl (C=O) groups is 1. The zero-order valence-corrected chi connectivity index (χ0v) is 15.2. The summed E-state index contributed by atoms with van der Waals surface area (Å²) in [6, 6.07) is 13.0. The first kappa shape index (κ1) is 17.3. The lowest BCUT2D eigenvalue weighted by molar-refractivity contribution is -0.136. The van der Waals surface area contributed by atoms with E-state index in [0.29, 0.717) is 18.0 Å². The number of nitroso groups, excluding NO2 is 1. The first-order valence-corrected chi connectivity index (χ1v) is 8.84. The molecule has 6 heteroatoms. The summed E-state index contributed by atoms with van der Waals surface area (Å²) in [5, 5.41) is 12.2. The summed E-state index contributed by atoms with van der Waals surface area (Å²) >= 11 is 0. The Morgan fingerprint density at radius 3 is 2.74 bits per heavy atom. The molecule has 2 heterocycles. The Balaban J connectivity index is 1.84. The monoisotopic (exact) mass is 364 g/mol. The van der Waals surface area contributed by atoms with Crippen LogP contribution in [-0.4, -0.2) is 23.3 Å². The number of aliphatic carboxylic acids is 1. The normalized spacial score (nSPS) is 21.5. The van der Waals surface area contributed by atoms with E-state index in [1.807, 2.05) is 35.3 Å². The SMILES string of the molecule is CC1(C)c2ccccc2N(CCC(=O)O)C12C=Cc1cc(N=O)ccc1O2. The van der Waals surface area contributed by atoms with Crippen LogP contribution < -0.4 is 9.64 Å². The Morgan fingerprint density at radius 2 is 2.00 bits per heavy atom. The van der Waals surface area contributed by atoms with Gasteiger partial charge in [-0.2, -0.15) is 0 Å². The molecule has 6 nitrogen and oxygen atoms in total. The molecular formula is C21H20N2O4. The maximum Gasteiger partial charge on any atom is 0.305 e. The van der Waals surface area contributed by atoms with Gasteiger partial charge in [0.05, 0.1) is 11.8 Å². The van der Waals surface area contributed by atoms with E-state index in [4.69, 9.17) is 4.74 Å². The highest BCUT2D eigenvalue weighted by Gasteiger charge is 2.58. The van der Waals surface area contributed by atoms with Gasteiger partial charge in [0.2, 0.25) is 5.72 Å². The van der Waals surface area contributed by atoms with E-state index in [0.717, 1.165) is 16.8 Å². The van der Waals surface area contributed by atoms with E-state index < -0.39 is 17.1 Å². The van der Waals surface area contributed by atoms with Crippen LogP contribution >= 0.6 is 0 Å². The highest BCUT2D eigenvalue weighted by molar-refractivity contribution is 5.74. The van der Waals surface area contributed by atoms with Gasteiger partial charge in [-0.15, -0.1) is 4.91 Å². The molecule has 4 rings (SSSR count). The van der Waals surface area contributed by atoms with Crippen LogP contribution in [0.25, 0.3) is 6.08 Å². The van der Waals surface area contributed by atoms with Crippen molar-refractivity contribution >= 4 is 23.4 Å². The van der Waals surface area contributed by atoms with Gasteiger partial charge in [0.25, 0.3) is 0 Å². The Hall–Kier alpha value is -3.15. The minimum absolute atomic E-state index is 0.00419. The number of benzene rings is 2. The number of hydrogen-bond donors (Lipinski definition) is 1. The van der Waals surface area contributed by atoms with Crippen LogP contribution in [0.5, 0.6) is 5.75 Å². The minimum Gasteiger partial charge on any atom is -0.481 e. The number of rotatable bonds is 4. The van der Waals surface area contributed by atoms with Crippen LogP contribution in [0.4, 0.5) is 11.4 Å². The molecule has 0 fully saturated rings. The molecule has 1 N–H and O–H groups in total. The van der Waals surface area contributed by atoms with Crippen molar-refractivity contribution in [1.29, 1.82) is 0 Å². The molecule has 138 valence electrons. The molecule has 1 unspecified atom stereocenters. The van der Waals surface area contributed by atoms with Crippen LogP contribution in [-0.2, 0) is 10.2 Å². The molecule has 0 saturated heterocycles. The molecule has 1 spiro atoms. The Bertz CT molecular complexity index is 966. The van der Waals surface area contributed by atoms with Gasteiger partial charge >= 0.3 is 5.97 Å². The average Bonchev–Trinajstić information content (AvgIpc) is 2.84. The molecule has 2 aromatic rings. The largest absolute Gasteiger partial charge is 0.481 e. The summed E-state index contributed by atoms with van der Waals surface area (Å²) in [6.07, 6.45) is 3.89. The zero-order valence-electron chi connectivity index (χ0n) is 15.2. The minimum atomic E-state index is -0.853. The zero-order chi connectivity index (χ0) is 19.2. The fourth-order valence-corrected chi connectivity index (χ4v) is 4.14. The number of ether oxygens (including phenoxy) is 1. The maximum absolute atomic E-state index is 11.2. The lowest BCUT2D eigenvalue weighted by Gasteiger charge is -2.47. The number of fused-ring (bicyclic) bond motifs is 2. The second-order valence-electron chi connectivity index (χ2n) is 7.38. The summed E-state index contributed by atoms with van der Waals surface area (Å²) in [4.78, 5) is 24.1. The number of nitrogens with zero attached hydrogens (tertiary/aromatic N) is 2. The fraction of sp³-hybridized carbons (Fsp3) is 0.286. The molecular weight excluding hydrogens is 344 g/mol. The Morgan fingerprint density at radius 1 is 1.22 bits per heavy atom. The quantitative estimate of drug-likeness (QED) is 0.810. The topological polar surface area (TPSA) is 79.2 Å². The van der Waals surface area contributed by atoms with E-state index in [9.17, 15) is 14.8 Å². The second kappa shape index (κ2) is 5.94. The third-order valence-corrected chi connectivity index (χ3v) is 5.57. The van der Waals surface area contributed by atoms with Crippen molar-refractivity contribution in [1.82, 2.24) is 0 Å². The number of hydrogen-bond acceptors (Lipinski definition) is 5. The Labute approximate surface area is 157 Å². The highest BCUT2D eigenvalue weighted by atomic mass is 16.5. The summed E-state index contributed by atoms with van der Waals surface area (Å²) in [5.74, 6) is -0.208. The van der Waals surface area contributed by atoms with Crippen LogP contribution in [0.1, 0.15) is 31.4 Å². The molecule has 2 aliphatic heterocycles. The molecule has 0 saturated carbocycles. The number of para-hydroxylation sites is 1. The molecule has 0 bridgehead atoms. The van der Waals surface area contributed by atoms with Crippen molar-refractivity contribution < 1.29 is 14.6 Å². The van der Waals surface area contributed by atoms with Gasteiger partial charge in [0, 0.05) is 17.8 Å². The van der Waals surface area contributed by atoms with Crippen LogP contribution in [0.15, 0.2) is 53.7 Å². The molecule has 0 aliphatic carbocycles. The molecule has 0 amide bonds. The maximum atomic E-state index is 11.2. The molecule has 2 aromatic carbocycles. The first-order chi connectivity index (χ1) is 12.9. The molecule has 2 aliphatic rings. The van der Waals surface area contributed by atoms with E-state index in [2.05, 4.69) is 25.1 Å². The standard InChI is InChI=1S/C21H20N2O4/c1-20(2)16-5-3-4-6-17(16)23(12-10-19(24)25)21(20)11-9-14-13-15(22-26)7-8-18(14)27-21/h3-9,11,13H,10,12H2,1-2H3,(H,24,25). The van der Waals surface area contributed by atoms with E-state index in [-0.39, 0.29) is 6.42 Å².